The predicted octanol–water partition coefficient (Wildman–Crippen LogP) is 1.18. The van der Waals surface area contributed by atoms with Gasteiger partial charge in [0.2, 0.25) is 5.82 Å². The van der Waals surface area contributed by atoms with Crippen molar-refractivity contribution >= 4 is 5.65 Å². The van der Waals surface area contributed by atoms with E-state index in [0.29, 0.717) is 11.7 Å². The van der Waals surface area contributed by atoms with E-state index in [1.165, 1.54) is 6.33 Å². The van der Waals surface area contributed by atoms with Crippen LogP contribution in [-0.4, -0.2) is 34.5 Å². The molecule has 0 spiro atoms. The highest BCUT2D eigenvalue weighted by Gasteiger charge is 2.13. The minimum Gasteiger partial charge on any atom is -0.333 e. The van der Waals surface area contributed by atoms with Crippen molar-refractivity contribution in [2.75, 3.05) is 0 Å². The maximum atomic E-state index is 5.29. The maximum Gasteiger partial charge on any atom is 0.259 e. The van der Waals surface area contributed by atoms with Gasteiger partial charge in [-0.3, -0.25) is 4.68 Å². The van der Waals surface area contributed by atoms with Gasteiger partial charge in [-0.25, -0.2) is 9.50 Å². The van der Waals surface area contributed by atoms with Crippen molar-refractivity contribution in [2.45, 2.75) is 0 Å². The summed E-state index contributed by atoms with van der Waals surface area (Å²) < 4.78 is 8.64. The van der Waals surface area contributed by atoms with E-state index in [0.717, 1.165) is 16.9 Å². The maximum absolute atomic E-state index is 5.29. The zero-order valence-corrected chi connectivity index (χ0v) is 10.5. The molecule has 0 saturated heterocycles. The Morgan fingerprint density at radius 1 is 1.15 bits per heavy atom. The van der Waals surface area contributed by atoms with Gasteiger partial charge in [0, 0.05) is 19.4 Å². The average molecular weight is 267 g/mol. The quantitative estimate of drug-likeness (QED) is 0.542. The Kier molecular flexibility index (Phi) is 2.16. The summed E-state index contributed by atoms with van der Waals surface area (Å²) in [5, 5.41) is 12.1. The summed E-state index contributed by atoms with van der Waals surface area (Å²) >= 11 is 0. The summed E-state index contributed by atoms with van der Waals surface area (Å²) in [5.74, 6) is 0.928. The fraction of sp³-hybridized carbons (Fsp3) is 0.0833. The van der Waals surface area contributed by atoms with Crippen LogP contribution in [0.15, 0.2) is 41.4 Å². The molecule has 8 heteroatoms. The molecule has 0 amide bonds. The fourth-order valence-electron chi connectivity index (χ4n) is 1.98. The van der Waals surface area contributed by atoms with Crippen molar-refractivity contribution in [3.8, 4) is 23.0 Å². The highest BCUT2D eigenvalue weighted by molar-refractivity contribution is 5.58. The Morgan fingerprint density at radius 2 is 2.10 bits per heavy atom. The topological polar surface area (TPSA) is 86.9 Å². The molecule has 0 radical (unpaired) electrons. The summed E-state index contributed by atoms with van der Waals surface area (Å²) in [6.07, 6.45) is 4.98. The molecule has 0 aliphatic rings. The third-order valence-electron chi connectivity index (χ3n) is 3.00. The van der Waals surface area contributed by atoms with Crippen molar-refractivity contribution < 1.29 is 4.52 Å². The lowest BCUT2D eigenvalue weighted by Gasteiger charge is -1.95. The lowest BCUT2D eigenvalue weighted by molar-refractivity contribution is 0.431. The number of aryl methyl sites for hydroxylation is 1. The summed E-state index contributed by atoms with van der Waals surface area (Å²) in [5.41, 5.74) is 2.34. The normalized spacial score (nSPS) is 11.2. The molecule has 98 valence electrons. The van der Waals surface area contributed by atoms with E-state index in [-0.39, 0.29) is 0 Å². The first-order chi connectivity index (χ1) is 9.81. The van der Waals surface area contributed by atoms with Crippen LogP contribution in [0.4, 0.5) is 0 Å². The Balaban J connectivity index is 1.79. The van der Waals surface area contributed by atoms with Crippen LogP contribution in [0.2, 0.25) is 0 Å². The van der Waals surface area contributed by atoms with Crippen LogP contribution in [0.1, 0.15) is 0 Å². The average Bonchev–Trinajstić information content (AvgIpc) is 3.17. The molecule has 4 aromatic heterocycles. The summed E-state index contributed by atoms with van der Waals surface area (Å²) in [6, 6.07) is 5.54. The van der Waals surface area contributed by atoms with Gasteiger partial charge in [0.15, 0.2) is 5.65 Å². The van der Waals surface area contributed by atoms with E-state index >= 15 is 0 Å². The van der Waals surface area contributed by atoms with Gasteiger partial charge in [-0.15, -0.1) is 0 Å². The van der Waals surface area contributed by atoms with E-state index < -0.39 is 0 Å². The Labute approximate surface area is 112 Å². The van der Waals surface area contributed by atoms with Crippen molar-refractivity contribution in [2.24, 2.45) is 7.05 Å². The molecular weight excluding hydrogens is 258 g/mol. The van der Waals surface area contributed by atoms with Crippen LogP contribution in [0.25, 0.3) is 28.6 Å². The number of aromatic nitrogens is 7. The minimum atomic E-state index is 0.429. The van der Waals surface area contributed by atoms with Gasteiger partial charge in [-0.05, 0) is 18.2 Å². The van der Waals surface area contributed by atoms with Crippen LogP contribution in [-0.2, 0) is 7.05 Å². The lowest BCUT2D eigenvalue weighted by Crippen LogP contribution is -1.94. The van der Waals surface area contributed by atoms with Crippen molar-refractivity contribution in [1.82, 2.24) is 34.5 Å². The van der Waals surface area contributed by atoms with Gasteiger partial charge in [-0.2, -0.15) is 15.2 Å². The summed E-state index contributed by atoms with van der Waals surface area (Å²) in [7, 11) is 1.83. The monoisotopic (exact) mass is 267 g/mol. The molecule has 0 aliphatic heterocycles. The number of hydrogen-bond acceptors (Lipinski definition) is 6. The summed E-state index contributed by atoms with van der Waals surface area (Å²) in [6.45, 7) is 0. The highest BCUT2D eigenvalue weighted by Crippen LogP contribution is 2.21. The molecule has 20 heavy (non-hydrogen) atoms. The van der Waals surface area contributed by atoms with Gasteiger partial charge < -0.3 is 4.52 Å². The molecule has 8 nitrogen and oxygen atoms in total. The molecule has 4 heterocycles. The number of pyridine rings is 1. The molecule has 0 atom stereocenters. The Morgan fingerprint density at radius 3 is 2.95 bits per heavy atom. The van der Waals surface area contributed by atoms with Gasteiger partial charge in [-0.1, -0.05) is 5.16 Å². The second kappa shape index (κ2) is 3.98. The van der Waals surface area contributed by atoms with E-state index in [1.54, 1.807) is 21.6 Å². The predicted molar refractivity (Wildman–Crippen MR) is 68.5 cm³/mol. The molecule has 0 bridgehead atoms. The van der Waals surface area contributed by atoms with E-state index in [4.69, 9.17) is 4.52 Å². The molecule has 0 aliphatic carbocycles. The zero-order chi connectivity index (χ0) is 13.5. The molecule has 0 fully saturated rings. The molecule has 0 N–H and O–H groups in total. The number of rotatable bonds is 2. The molecule has 4 rings (SSSR count). The van der Waals surface area contributed by atoms with Crippen LogP contribution in [0.5, 0.6) is 0 Å². The Hall–Kier alpha value is -3.03. The first kappa shape index (κ1) is 10.9. The van der Waals surface area contributed by atoms with Gasteiger partial charge in [0.1, 0.15) is 12.0 Å². The van der Waals surface area contributed by atoms with Gasteiger partial charge in [0.25, 0.3) is 5.89 Å². The summed E-state index contributed by atoms with van der Waals surface area (Å²) in [4.78, 5) is 8.46. The first-order valence-electron chi connectivity index (χ1n) is 5.93. The molecule has 0 saturated carbocycles. The second-order valence-electron chi connectivity index (χ2n) is 4.24. The molecular formula is C12H9N7O. The van der Waals surface area contributed by atoms with E-state index in [1.807, 2.05) is 25.2 Å². The minimum absolute atomic E-state index is 0.429. The third-order valence-corrected chi connectivity index (χ3v) is 3.00. The second-order valence-corrected chi connectivity index (χ2v) is 4.24. The first-order valence-corrected chi connectivity index (χ1v) is 5.93. The van der Waals surface area contributed by atoms with Gasteiger partial charge in [0.05, 0.1) is 5.56 Å². The van der Waals surface area contributed by atoms with Crippen LogP contribution < -0.4 is 0 Å². The fourth-order valence-corrected chi connectivity index (χ4v) is 1.98. The van der Waals surface area contributed by atoms with Crippen LogP contribution in [0, 0.1) is 0 Å². The number of nitrogens with zero attached hydrogens (tertiary/aromatic N) is 7. The van der Waals surface area contributed by atoms with Crippen molar-refractivity contribution in [1.29, 1.82) is 0 Å². The highest BCUT2D eigenvalue weighted by atomic mass is 16.5. The number of fused-ring (bicyclic) bond motifs is 1. The third kappa shape index (κ3) is 1.58. The van der Waals surface area contributed by atoms with E-state index in [9.17, 15) is 0 Å². The number of hydrogen-bond donors (Lipinski definition) is 0. The van der Waals surface area contributed by atoms with Crippen LogP contribution >= 0.6 is 0 Å². The van der Waals surface area contributed by atoms with Crippen LogP contribution in [0.3, 0.4) is 0 Å². The largest absolute Gasteiger partial charge is 0.333 e. The zero-order valence-electron chi connectivity index (χ0n) is 10.5. The van der Waals surface area contributed by atoms with E-state index in [2.05, 4.69) is 25.3 Å². The smallest absolute Gasteiger partial charge is 0.259 e. The molecule has 0 unspecified atom stereocenters. The van der Waals surface area contributed by atoms with Crippen molar-refractivity contribution in [3.63, 3.8) is 0 Å². The van der Waals surface area contributed by atoms with Gasteiger partial charge >= 0.3 is 0 Å². The van der Waals surface area contributed by atoms with Crippen molar-refractivity contribution in [3.05, 3.63) is 36.9 Å². The lowest BCUT2D eigenvalue weighted by atomic mass is 10.3. The molecule has 4 aromatic rings. The Bertz CT molecular complexity index is 888. The standard InChI is InChI=1S/C12H9N7O/c1-18-9(4-5-14-18)11-16-12(20-17-11)8-2-3-10-13-7-15-19(10)6-8/h2-7H,1H3. The SMILES string of the molecule is Cn1nccc1-c1noc(-c2ccc3ncnn3c2)n1. The molecule has 0 aromatic carbocycles.